The number of aromatic nitrogens is 2. The average Bonchev–Trinajstić information content (AvgIpc) is 3.68. The molecular formula is C27H30N4O5. The number of hydrogen-bond acceptors (Lipinski definition) is 7. The Labute approximate surface area is 209 Å². The molecule has 1 spiro atoms. The van der Waals surface area contributed by atoms with Crippen molar-refractivity contribution in [2.45, 2.75) is 25.5 Å². The van der Waals surface area contributed by atoms with Gasteiger partial charge in [0.1, 0.15) is 12.0 Å². The van der Waals surface area contributed by atoms with Crippen molar-refractivity contribution >= 4 is 11.6 Å². The summed E-state index contributed by atoms with van der Waals surface area (Å²) in [5.74, 6) is 2.15. The number of H-pyrrole nitrogens is 1. The van der Waals surface area contributed by atoms with Crippen LogP contribution >= 0.6 is 0 Å². The molecule has 0 bridgehead atoms. The van der Waals surface area contributed by atoms with Gasteiger partial charge >= 0.3 is 0 Å². The lowest BCUT2D eigenvalue weighted by Crippen LogP contribution is -2.49. The second-order valence-electron chi connectivity index (χ2n) is 9.63. The maximum atomic E-state index is 13.2. The van der Waals surface area contributed by atoms with Gasteiger partial charge in [0.15, 0.2) is 11.5 Å². The molecule has 1 amide bonds. The zero-order valence-corrected chi connectivity index (χ0v) is 20.5. The third-order valence-corrected chi connectivity index (χ3v) is 7.87. The summed E-state index contributed by atoms with van der Waals surface area (Å²) in [4.78, 5) is 17.5. The summed E-state index contributed by atoms with van der Waals surface area (Å²) in [5, 5.41) is 6.92. The standard InChI is InChI=1S/C27H30N4O5/c1-33-23-14-20(4-5-21(23)19-15-28-29-16-19)31-12-9-27(26(31)34-2)7-10-30(11-8-27)25(32)18-3-6-22-24(13-18)36-17-35-22/h3-6,13-16,26H,7-12,17H2,1-2H3,(H,28,29). The van der Waals surface area contributed by atoms with Gasteiger partial charge in [0.25, 0.3) is 5.91 Å². The lowest BCUT2D eigenvalue weighted by molar-refractivity contribution is -0.0234. The van der Waals surface area contributed by atoms with Crippen molar-refractivity contribution in [1.29, 1.82) is 0 Å². The molecule has 2 aromatic carbocycles. The van der Waals surface area contributed by atoms with E-state index in [-0.39, 0.29) is 24.3 Å². The predicted octanol–water partition coefficient (Wildman–Crippen LogP) is 3.92. The van der Waals surface area contributed by atoms with E-state index in [4.69, 9.17) is 18.9 Å². The fourth-order valence-corrected chi connectivity index (χ4v) is 5.92. The maximum Gasteiger partial charge on any atom is 0.253 e. The minimum absolute atomic E-state index is 0.00309. The molecular weight excluding hydrogens is 460 g/mol. The molecule has 0 aliphatic carbocycles. The van der Waals surface area contributed by atoms with Crippen molar-refractivity contribution in [3.05, 3.63) is 54.4 Å². The van der Waals surface area contributed by atoms with E-state index in [1.165, 1.54) is 0 Å². The molecule has 1 aromatic heterocycles. The first-order chi connectivity index (χ1) is 17.6. The second kappa shape index (κ2) is 9.05. The first-order valence-corrected chi connectivity index (χ1v) is 12.3. The number of ether oxygens (including phenoxy) is 4. The van der Waals surface area contributed by atoms with Crippen LogP contribution in [0.3, 0.4) is 0 Å². The summed E-state index contributed by atoms with van der Waals surface area (Å²) >= 11 is 0. The van der Waals surface area contributed by atoms with Gasteiger partial charge in [0, 0.05) is 66.8 Å². The Balaban J connectivity index is 1.17. The number of anilines is 1. The number of methoxy groups -OCH3 is 2. The number of nitrogens with zero attached hydrogens (tertiary/aromatic N) is 3. The average molecular weight is 491 g/mol. The van der Waals surface area contributed by atoms with E-state index < -0.39 is 0 Å². The molecule has 1 N–H and O–H groups in total. The molecule has 188 valence electrons. The topological polar surface area (TPSA) is 89.2 Å². The van der Waals surface area contributed by atoms with Gasteiger partial charge in [-0.1, -0.05) is 0 Å². The summed E-state index contributed by atoms with van der Waals surface area (Å²) < 4.78 is 22.7. The number of amides is 1. The van der Waals surface area contributed by atoms with Crippen LogP contribution in [0.5, 0.6) is 17.2 Å². The van der Waals surface area contributed by atoms with Gasteiger partial charge < -0.3 is 28.7 Å². The van der Waals surface area contributed by atoms with Gasteiger partial charge in [-0.15, -0.1) is 0 Å². The first kappa shape index (κ1) is 22.7. The predicted molar refractivity (Wildman–Crippen MR) is 133 cm³/mol. The highest BCUT2D eigenvalue weighted by atomic mass is 16.7. The number of benzene rings is 2. The summed E-state index contributed by atoms with van der Waals surface area (Å²) in [6, 6.07) is 11.7. The normalized spacial score (nSPS) is 20.2. The Morgan fingerprint density at radius 3 is 2.61 bits per heavy atom. The molecule has 3 aliphatic heterocycles. The Hall–Kier alpha value is -3.72. The van der Waals surface area contributed by atoms with Crippen LogP contribution in [0.25, 0.3) is 11.1 Å². The molecule has 2 saturated heterocycles. The quantitative estimate of drug-likeness (QED) is 0.580. The molecule has 0 radical (unpaired) electrons. The van der Waals surface area contributed by atoms with E-state index in [1.807, 2.05) is 23.2 Å². The molecule has 6 rings (SSSR count). The second-order valence-corrected chi connectivity index (χ2v) is 9.63. The van der Waals surface area contributed by atoms with Gasteiger partial charge in [0.2, 0.25) is 6.79 Å². The van der Waals surface area contributed by atoms with Crippen LogP contribution < -0.4 is 19.1 Å². The van der Waals surface area contributed by atoms with Crippen molar-refractivity contribution in [2.75, 3.05) is 45.5 Å². The Bertz CT molecular complexity index is 1250. The summed E-state index contributed by atoms with van der Waals surface area (Å²) in [5.41, 5.74) is 3.68. The van der Waals surface area contributed by atoms with Crippen molar-refractivity contribution in [2.24, 2.45) is 5.41 Å². The van der Waals surface area contributed by atoms with Gasteiger partial charge in [0.05, 0.1) is 13.3 Å². The number of carbonyl (C=O) groups is 1. The van der Waals surface area contributed by atoms with E-state index in [9.17, 15) is 4.79 Å². The molecule has 9 heteroatoms. The molecule has 1 atom stereocenters. The Morgan fingerprint density at radius 1 is 1.06 bits per heavy atom. The van der Waals surface area contributed by atoms with Gasteiger partial charge in [-0.25, -0.2) is 0 Å². The number of rotatable bonds is 5. The molecule has 9 nitrogen and oxygen atoms in total. The third-order valence-electron chi connectivity index (χ3n) is 7.87. The molecule has 4 heterocycles. The van der Waals surface area contributed by atoms with E-state index in [2.05, 4.69) is 33.3 Å². The van der Waals surface area contributed by atoms with Crippen LogP contribution in [-0.4, -0.2) is 67.9 Å². The zero-order chi connectivity index (χ0) is 24.7. The van der Waals surface area contributed by atoms with Crippen LogP contribution in [0, 0.1) is 5.41 Å². The third kappa shape index (κ3) is 3.74. The lowest BCUT2D eigenvalue weighted by Gasteiger charge is -2.43. The van der Waals surface area contributed by atoms with Crippen LogP contribution in [-0.2, 0) is 4.74 Å². The van der Waals surface area contributed by atoms with Crippen LogP contribution in [0.15, 0.2) is 48.8 Å². The minimum Gasteiger partial charge on any atom is -0.496 e. The van der Waals surface area contributed by atoms with Gasteiger partial charge in [-0.2, -0.15) is 5.10 Å². The van der Waals surface area contributed by atoms with Crippen molar-refractivity contribution in [3.8, 4) is 28.4 Å². The van der Waals surface area contributed by atoms with Crippen LogP contribution in [0.4, 0.5) is 5.69 Å². The largest absolute Gasteiger partial charge is 0.496 e. The number of hydrogen-bond donors (Lipinski definition) is 1. The molecule has 3 aromatic rings. The van der Waals surface area contributed by atoms with Gasteiger partial charge in [-0.3, -0.25) is 9.89 Å². The smallest absolute Gasteiger partial charge is 0.253 e. The van der Waals surface area contributed by atoms with Crippen LogP contribution in [0.1, 0.15) is 29.6 Å². The number of carbonyl (C=O) groups excluding carboxylic acids is 1. The highest BCUT2D eigenvalue weighted by Crippen LogP contribution is 2.48. The minimum atomic E-state index is -0.0650. The van der Waals surface area contributed by atoms with Crippen molar-refractivity contribution < 1.29 is 23.7 Å². The fourth-order valence-electron chi connectivity index (χ4n) is 5.92. The molecule has 1 unspecified atom stereocenters. The summed E-state index contributed by atoms with van der Waals surface area (Å²) in [7, 11) is 3.47. The first-order valence-electron chi connectivity index (χ1n) is 12.3. The summed E-state index contributed by atoms with van der Waals surface area (Å²) in [6.45, 7) is 2.49. The lowest BCUT2D eigenvalue weighted by atomic mass is 9.76. The highest BCUT2D eigenvalue weighted by molar-refractivity contribution is 5.95. The Kier molecular flexibility index (Phi) is 5.72. The van der Waals surface area contributed by atoms with E-state index in [0.29, 0.717) is 30.2 Å². The number of piperidine rings is 1. The van der Waals surface area contributed by atoms with E-state index in [0.717, 1.165) is 48.4 Å². The van der Waals surface area contributed by atoms with Crippen LogP contribution in [0.2, 0.25) is 0 Å². The monoisotopic (exact) mass is 490 g/mol. The molecule has 36 heavy (non-hydrogen) atoms. The number of likely N-dealkylation sites (tertiary alicyclic amines) is 1. The number of aromatic amines is 1. The fraction of sp³-hybridized carbons (Fsp3) is 0.407. The highest BCUT2D eigenvalue weighted by Gasteiger charge is 2.50. The van der Waals surface area contributed by atoms with Gasteiger partial charge in [-0.05, 0) is 49.6 Å². The maximum absolute atomic E-state index is 13.2. The number of nitrogens with one attached hydrogen (secondary N) is 1. The number of fused-ring (bicyclic) bond motifs is 1. The van der Waals surface area contributed by atoms with E-state index in [1.54, 1.807) is 26.5 Å². The van der Waals surface area contributed by atoms with Crippen molar-refractivity contribution in [1.82, 2.24) is 15.1 Å². The molecule has 0 saturated carbocycles. The Morgan fingerprint density at radius 2 is 1.86 bits per heavy atom. The SMILES string of the molecule is COc1cc(N2CCC3(CCN(C(=O)c4ccc5c(c4)OCO5)CC3)C2OC)ccc1-c1cn[nH]c1. The molecule has 2 fully saturated rings. The zero-order valence-electron chi connectivity index (χ0n) is 20.5. The van der Waals surface area contributed by atoms with E-state index >= 15 is 0 Å². The van der Waals surface area contributed by atoms with Crippen molar-refractivity contribution in [3.63, 3.8) is 0 Å². The molecule has 3 aliphatic rings. The summed E-state index contributed by atoms with van der Waals surface area (Å²) in [6.07, 6.45) is 6.39.